The maximum Gasteiger partial charge on any atom is 0.411 e. The molecule has 2 amide bonds. The minimum Gasteiger partial charge on any atom is -0.444 e. The molecule has 4 rings (SSSR count). The van der Waals surface area contributed by atoms with Crippen LogP contribution in [0.3, 0.4) is 0 Å². The molecule has 0 saturated heterocycles. The zero-order chi connectivity index (χ0) is 28.3. The highest BCUT2D eigenvalue weighted by Crippen LogP contribution is 2.30. The molecule has 7 heteroatoms. The van der Waals surface area contributed by atoms with Crippen molar-refractivity contribution in [3.8, 4) is 0 Å². The van der Waals surface area contributed by atoms with Gasteiger partial charge in [-0.25, -0.2) is 9.18 Å². The number of Topliss-reactive ketones (excluding diaryl/α,β-unsaturated/α-hetero) is 1. The van der Waals surface area contributed by atoms with Gasteiger partial charge in [0.2, 0.25) is 5.91 Å². The number of nitrogens with zero attached hydrogens (tertiary/aromatic N) is 2. The van der Waals surface area contributed by atoms with E-state index in [2.05, 4.69) is 0 Å². The normalized spacial score (nSPS) is 15.7. The summed E-state index contributed by atoms with van der Waals surface area (Å²) in [6.07, 6.45) is -0.194. The highest BCUT2D eigenvalue weighted by atomic mass is 19.1. The summed E-state index contributed by atoms with van der Waals surface area (Å²) in [6.45, 7) is 9.30. The van der Waals surface area contributed by atoms with Crippen molar-refractivity contribution in [2.75, 3.05) is 0 Å². The minimum absolute atomic E-state index is 0.0389. The van der Waals surface area contributed by atoms with Crippen LogP contribution in [-0.2, 0) is 29.0 Å². The van der Waals surface area contributed by atoms with Crippen LogP contribution in [0.1, 0.15) is 73.3 Å². The van der Waals surface area contributed by atoms with E-state index in [0.717, 1.165) is 22.3 Å². The lowest BCUT2D eigenvalue weighted by Gasteiger charge is -2.40. The van der Waals surface area contributed by atoms with Gasteiger partial charge in [0, 0.05) is 18.5 Å². The first-order valence-corrected chi connectivity index (χ1v) is 13.1. The molecule has 0 saturated carbocycles. The Kier molecular flexibility index (Phi) is 8.19. The molecule has 1 aliphatic heterocycles. The number of fused-ring (bicyclic) bond motifs is 1. The largest absolute Gasteiger partial charge is 0.444 e. The molecule has 0 bridgehead atoms. The molecular formula is C32H35FN2O4. The molecule has 0 spiro atoms. The van der Waals surface area contributed by atoms with Crippen molar-refractivity contribution in [3.63, 3.8) is 0 Å². The number of carbonyl (C=O) groups is 3. The number of rotatable bonds is 6. The van der Waals surface area contributed by atoms with Crippen molar-refractivity contribution in [1.29, 1.82) is 0 Å². The number of hydrogen-bond donors (Lipinski definition) is 0. The predicted octanol–water partition coefficient (Wildman–Crippen LogP) is 6.48. The summed E-state index contributed by atoms with van der Waals surface area (Å²) in [5.41, 5.74) is 3.46. The summed E-state index contributed by atoms with van der Waals surface area (Å²) in [7, 11) is 0. The van der Waals surface area contributed by atoms with E-state index in [4.69, 9.17) is 4.74 Å². The average molecular weight is 531 g/mol. The molecule has 2 atom stereocenters. The lowest BCUT2D eigenvalue weighted by atomic mass is 9.92. The zero-order valence-electron chi connectivity index (χ0n) is 23.1. The lowest BCUT2D eigenvalue weighted by molar-refractivity contribution is -0.140. The number of halogens is 1. The number of amides is 2. The molecule has 3 aromatic rings. The molecule has 204 valence electrons. The predicted molar refractivity (Wildman–Crippen MR) is 148 cm³/mol. The van der Waals surface area contributed by atoms with Crippen LogP contribution < -0.4 is 0 Å². The number of carbonyl (C=O) groups excluding carboxylic acids is 3. The molecular weight excluding hydrogens is 495 g/mol. The van der Waals surface area contributed by atoms with E-state index >= 15 is 0 Å². The molecule has 0 radical (unpaired) electrons. The van der Waals surface area contributed by atoms with Gasteiger partial charge in [-0.1, -0.05) is 60.7 Å². The summed E-state index contributed by atoms with van der Waals surface area (Å²) in [4.78, 5) is 42.8. The Morgan fingerprint density at radius 1 is 0.974 bits per heavy atom. The van der Waals surface area contributed by atoms with Gasteiger partial charge in [-0.15, -0.1) is 0 Å². The van der Waals surface area contributed by atoms with Crippen LogP contribution in [0.4, 0.5) is 9.18 Å². The minimum atomic E-state index is -0.783. The number of ketones is 1. The van der Waals surface area contributed by atoms with E-state index in [-0.39, 0.29) is 30.6 Å². The fourth-order valence-corrected chi connectivity index (χ4v) is 4.82. The SMILES string of the molecule is CC(=O)c1ccc(CN(C(=O)[C@@H]2Cc3ccccc3CN2C(=O)OC(C)(C)C)[C@H](C)c2ccc(F)cc2)cc1. The molecule has 1 aliphatic rings. The summed E-state index contributed by atoms with van der Waals surface area (Å²) in [5.74, 6) is -0.630. The molecule has 0 N–H and O–H groups in total. The fourth-order valence-electron chi connectivity index (χ4n) is 4.82. The molecule has 0 aromatic heterocycles. The van der Waals surface area contributed by atoms with Crippen molar-refractivity contribution in [2.45, 2.75) is 71.8 Å². The third-order valence-corrected chi connectivity index (χ3v) is 6.98. The second-order valence-corrected chi connectivity index (χ2v) is 11.0. The van der Waals surface area contributed by atoms with Crippen LogP contribution in [-0.4, -0.2) is 39.2 Å². The quantitative estimate of drug-likeness (QED) is 0.342. The smallest absolute Gasteiger partial charge is 0.411 e. The van der Waals surface area contributed by atoms with E-state index in [9.17, 15) is 18.8 Å². The molecule has 3 aromatic carbocycles. The molecule has 0 fully saturated rings. The van der Waals surface area contributed by atoms with Crippen LogP contribution in [0.5, 0.6) is 0 Å². The van der Waals surface area contributed by atoms with Gasteiger partial charge in [-0.3, -0.25) is 14.5 Å². The van der Waals surface area contributed by atoms with E-state index in [0.29, 0.717) is 12.0 Å². The monoisotopic (exact) mass is 530 g/mol. The molecule has 39 heavy (non-hydrogen) atoms. The van der Waals surface area contributed by atoms with E-state index in [1.165, 1.54) is 24.0 Å². The van der Waals surface area contributed by atoms with Crippen LogP contribution >= 0.6 is 0 Å². The summed E-state index contributed by atoms with van der Waals surface area (Å²) in [6, 6.07) is 19.8. The fraction of sp³-hybridized carbons (Fsp3) is 0.344. The second kappa shape index (κ2) is 11.4. The van der Waals surface area contributed by atoms with Crippen LogP contribution in [0.25, 0.3) is 0 Å². The standard InChI is InChI=1S/C32H35FN2O4/c1-21(24-14-16-28(33)17-15-24)34(19-23-10-12-25(13-11-23)22(2)36)30(37)29-18-26-8-6-7-9-27(26)20-35(29)31(38)39-32(3,4)5/h6-17,21,29H,18-20H2,1-5H3/t21-,29+/m1/s1. The van der Waals surface area contributed by atoms with Crippen molar-refractivity contribution in [1.82, 2.24) is 9.80 Å². The molecule has 1 heterocycles. The molecule has 6 nitrogen and oxygen atoms in total. The van der Waals surface area contributed by atoms with Gasteiger partial charge in [-0.05, 0) is 69.0 Å². The average Bonchev–Trinajstić information content (AvgIpc) is 2.90. The Hall–Kier alpha value is -4.00. The van der Waals surface area contributed by atoms with E-state index in [1.54, 1.807) is 49.9 Å². The zero-order valence-corrected chi connectivity index (χ0v) is 23.1. The molecule has 0 unspecified atom stereocenters. The number of benzene rings is 3. The van der Waals surface area contributed by atoms with Gasteiger partial charge in [0.05, 0.1) is 12.6 Å². The van der Waals surface area contributed by atoms with Crippen LogP contribution in [0.2, 0.25) is 0 Å². The van der Waals surface area contributed by atoms with E-state index in [1.807, 2.05) is 43.3 Å². The topological polar surface area (TPSA) is 66.9 Å². The summed E-state index contributed by atoms with van der Waals surface area (Å²) in [5, 5.41) is 0. The summed E-state index contributed by atoms with van der Waals surface area (Å²) < 4.78 is 19.4. The van der Waals surface area contributed by atoms with Crippen LogP contribution in [0, 0.1) is 5.82 Å². The molecule has 0 aliphatic carbocycles. The summed E-state index contributed by atoms with van der Waals surface area (Å²) >= 11 is 0. The van der Waals surface area contributed by atoms with Gasteiger partial charge >= 0.3 is 6.09 Å². The Labute approximate surface area is 229 Å². The first-order valence-electron chi connectivity index (χ1n) is 13.1. The Morgan fingerprint density at radius 2 is 1.59 bits per heavy atom. The number of hydrogen-bond acceptors (Lipinski definition) is 4. The maximum atomic E-state index is 14.4. The highest BCUT2D eigenvalue weighted by Gasteiger charge is 2.40. The van der Waals surface area contributed by atoms with Gasteiger partial charge in [-0.2, -0.15) is 0 Å². The van der Waals surface area contributed by atoms with E-state index < -0.39 is 23.8 Å². The first-order chi connectivity index (χ1) is 18.4. The van der Waals surface area contributed by atoms with Gasteiger partial charge in [0.1, 0.15) is 17.5 Å². The third kappa shape index (κ3) is 6.72. The van der Waals surface area contributed by atoms with Crippen LogP contribution in [0.15, 0.2) is 72.8 Å². The first kappa shape index (κ1) is 28.0. The second-order valence-electron chi connectivity index (χ2n) is 11.0. The van der Waals surface area contributed by atoms with Crippen molar-refractivity contribution < 1.29 is 23.5 Å². The van der Waals surface area contributed by atoms with Crippen molar-refractivity contribution >= 4 is 17.8 Å². The number of ether oxygens (including phenoxy) is 1. The Bertz CT molecular complexity index is 1350. The third-order valence-electron chi connectivity index (χ3n) is 6.98. The lowest BCUT2D eigenvalue weighted by Crippen LogP contribution is -2.54. The van der Waals surface area contributed by atoms with Crippen molar-refractivity contribution in [2.24, 2.45) is 0 Å². The highest BCUT2D eigenvalue weighted by molar-refractivity contribution is 5.94. The maximum absolute atomic E-state index is 14.4. The Morgan fingerprint density at radius 3 is 2.18 bits per heavy atom. The van der Waals surface area contributed by atoms with Gasteiger partial charge in [0.25, 0.3) is 0 Å². The Balaban J connectivity index is 1.72. The van der Waals surface area contributed by atoms with Gasteiger partial charge < -0.3 is 9.64 Å². The van der Waals surface area contributed by atoms with Gasteiger partial charge in [0.15, 0.2) is 5.78 Å². The van der Waals surface area contributed by atoms with Crippen molar-refractivity contribution in [3.05, 3.63) is 106 Å².